The number of nitrogens with one attached hydrogen (secondary N) is 1. The van der Waals surface area contributed by atoms with Gasteiger partial charge in [0, 0.05) is 5.56 Å². The van der Waals surface area contributed by atoms with Crippen LogP contribution in [0.2, 0.25) is 0 Å². The van der Waals surface area contributed by atoms with Crippen molar-refractivity contribution in [1.82, 2.24) is 9.97 Å². The number of fused-ring (bicyclic) bond motifs is 1. The summed E-state index contributed by atoms with van der Waals surface area (Å²) in [5.41, 5.74) is 4.32. The third-order valence-corrected chi connectivity index (χ3v) is 6.06. The van der Waals surface area contributed by atoms with Gasteiger partial charge in [0.1, 0.15) is 11.6 Å². The van der Waals surface area contributed by atoms with E-state index in [9.17, 15) is 8.78 Å². The first-order valence-corrected chi connectivity index (χ1v) is 10.0. The molecule has 2 nitrogen and oxygen atoms in total. The van der Waals surface area contributed by atoms with Gasteiger partial charge >= 0.3 is 0 Å². The molecule has 0 bridgehead atoms. The molecule has 1 aliphatic rings. The maximum atomic E-state index is 14.7. The van der Waals surface area contributed by atoms with Crippen LogP contribution in [0, 0.1) is 24.5 Å². The van der Waals surface area contributed by atoms with Gasteiger partial charge in [0.05, 0.1) is 17.4 Å². The van der Waals surface area contributed by atoms with Gasteiger partial charge < -0.3 is 4.98 Å². The van der Waals surface area contributed by atoms with Gasteiger partial charge in [-0.1, -0.05) is 44.6 Å². The number of imidazole rings is 1. The van der Waals surface area contributed by atoms with Gasteiger partial charge in [0.15, 0.2) is 0 Å². The SMILES string of the molecule is Cc1c(-c2cc(F)c(CCCC3CCCCC3)c(F)c2)ccc2[nH]cnc12. The molecule has 0 unspecified atom stereocenters. The summed E-state index contributed by atoms with van der Waals surface area (Å²) >= 11 is 0. The minimum absolute atomic E-state index is 0.230. The van der Waals surface area contributed by atoms with Crippen molar-refractivity contribution >= 4 is 11.0 Å². The fourth-order valence-corrected chi connectivity index (χ4v) is 4.50. The second-order valence-electron chi connectivity index (χ2n) is 7.85. The first-order valence-electron chi connectivity index (χ1n) is 10.0. The average molecular weight is 368 g/mol. The van der Waals surface area contributed by atoms with E-state index < -0.39 is 11.6 Å². The van der Waals surface area contributed by atoms with Crippen LogP contribution < -0.4 is 0 Å². The van der Waals surface area contributed by atoms with Gasteiger partial charge in [-0.3, -0.25) is 0 Å². The van der Waals surface area contributed by atoms with E-state index in [-0.39, 0.29) is 5.56 Å². The fraction of sp³-hybridized carbons (Fsp3) is 0.435. The van der Waals surface area contributed by atoms with Crippen LogP contribution in [-0.4, -0.2) is 9.97 Å². The molecule has 0 atom stereocenters. The summed E-state index contributed by atoms with van der Waals surface area (Å²) in [6.45, 7) is 1.94. The van der Waals surface area contributed by atoms with Crippen LogP contribution in [0.25, 0.3) is 22.2 Å². The molecule has 1 N–H and O–H groups in total. The lowest BCUT2D eigenvalue weighted by Crippen LogP contribution is -2.07. The summed E-state index contributed by atoms with van der Waals surface area (Å²) in [5.74, 6) is -0.127. The average Bonchev–Trinajstić information content (AvgIpc) is 3.15. The van der Waals surface area contributed by atoms with Crippen LogP contribution in [0.5, 0.6) is 0 Å². The third kappa shape index (κ3) is 3.76. The second-order valence-corrected chi connectivity index (χ2v) is 7.85. The van der Waals surface area contributed by atoms with E-state index in [1.54, 1.807) is 6.33 Å². The van der Waals surface area contributed by atoms with E-state index in [0.717, 1.165) is 40.9 Å². The van der Waals surface area contributed by atoms with Crippen LogP contribution in [0.4, 0.5) is 8.78 Å². The number of hydrogen-bond acceptors (Lipinski definition) is 1. The lowest BCUT2D eigenvalue weighted by atomic mass is 9.85. The molecule has 3 aromatic rings. The molecule has 142 valence electrons. The normalized spacial score (nSPS) is 15.5. The zero-order chi connectivity index (χ0) is 18.8. The van der Waals surface area contributed by atoms with Crippen molar-refractivity contribution < 1.29 is 8.78 Å². The lowest BCUT2D eigenvalue weighted by Gasteiger charge is -2.21. The number of aryl methyl sites for hydroxylation is 1. The van der Waals surface area contributed by atoms with Crippen LogP contribution in [0.15, 0.2) is 30.6 Å². The highest BCUT2D eigenvalue weighted by Crippen LogP contribution is 2.32. The van der Waals surface area contributed by atoms with Crippen molar-refractivity contribution in [2.24, 2.45) is 5.92 Å². The van der Waals surface area contributed by atoms with Crippen molar-refractivity contribution in [2.75, 3.05) is 0 Å². The Morgan fingerprint density at radius 2 is 1.81 bits per heavy atom. The molecule has 0 spiro atoms. The fourth-order valence-electron chi connectivity index (χ4n) is 4.50. The third-order valence-electron chi connectivity index (χ3n) is 6.06. The second kappa shape index (κ2) is 7.79. The molecule has 1 aromatic heterocycles. The number of aromatic amines is 1. The Labute approximate surface area is 159 Å². The quantitative estimate of drug-likeness (QED) is 0.532. The van der Waals surface area contributed by atoms with Crippen molar-refractivity contribution in [3.05, 3.63) is 53.4 Å². The molecule has 0 aliphatic heterocycles. The van der Waals surface area contributed by atoms with Crippen LogP contribution in [0.3, 0.4) is 0 Å². The minimum atomic E-state index is -0.435. The van der Waals surface area contributed by atoms with Crippen LogP contribution in [0.1, 0.15) is 56.1 Å². The van der Waals surface area contributed by atoms with Crippen molar-refractivity contribution in [1.29, 1.82) is 0 Å². The van der Waals surface area contributed by atoms with Crippen LogP contribution in [-0.2, 0) is 6.42 Å². The summed E-state index contributed by atoms with van der Waals surface area (Å²) in [5, 5.41) is 0. The zero-order valence-electron chi connectivity index (χ0n) is 15.8. The van der Waals surface area contributed by atoms with Crippen molar-refractivity contribution in [2.45, 2.75) is 58.3 Å². The molecule has 27 heavy (non-hydrogen) atoms. The van der Waals surface area contributed by atoms with E-state index in [2.05, 4.69) is 9.97 Å². The Balaban J connectivity index is 1.53. The number of halogens is 2. The zero-order valence-corrected chi connectivity index (χ0v) is 15.8. The van der Waals surface area contributed by atoms with Crippen LogP contribution >= 0.6 is 0 Å². The Bertz CT molecular complexity index is 916. The summed E-state index contributed by atoms with van der Waals surface area (Å²) in [6, 6.07) is 6.74. The molecule has 1 heterocycles. The number of H-pyrrole nitrogens is 1. The summed E-state index contributed by atoms with van der Waals surface area (Å²) in [4.78, 5) is 7.37. The van der Waals surface area contributed by atoms with E-state index in [1.807, 2.05) is 19.1 Å². The largest absolute Gasteiger partial charge is 0.345 e. The Kier molecular flexibility index (Phi) is 5.24. The van der Waals surface area contributed by atoms with Gasteiger partial charge in [-0.25, -0.2) is 13.8 Å². The molecule has 0 amide bonds. The molecule has 1 fully saturated rings. The Morgan fingerprint density at radius 1 is 1.07 bits per heavy atom. The predicted octanol–water partition coefficient (Wildman–Crippen LogP) is 6.72. The smallest absolute Gasteiger partial charge is 0.129 e. The Morgan fingerprint density at radius 3 is 2.56 bits per heavy atom. The predicted molar refractivity (Wildman–Crippen MR) is 106 cm³/mol. The maximum absolute atomic E-state index is 14.7. The molecular formula is C23H26F2N2. The van der Waals surface area contributed by atoms with Gasteiger partial charge in [0.2, 0.25) is 0 Å². The molecule has 2 aromatic carbocycles. The topological polar surface area (TPSA) is 28.7 Å². The van der Waals surface area contributed by atoms with Crippen molar-refractivity contribution in [3.8, 4) is 11.1 Å². The molecule has 1 saturated carbocycles. The molecule has 0 radical (unpaired) electrons. The molecule has 4 heteroatoms. The van der Waals surface area contributed by atoms with E-state index in [1.165, 1.54) is 44.2 Å². The maximum Gasteiger partial charge on any atom is 0.129 e. The number of rotatable bonds is 5. The monoisotopic (exact) mass is 368 g/mol. The van der Waals surface area contributed by atoms with Gasteiger partial charge in [-0.2, -0.15) is 0 Å². The molecular weight excluding hydrogens is 342 g/mol. The van der Waals surface area contributed by atoms with Crippen molar-refractivity contribution in [3.63, 3.8) is 0 Å². The summed E-state index contributed by atoms with van der Waals surface area (Å²) < 4.78 is 29.4. The first-order chi connectivity index (χ1) is 13.1. The minimum Gasteiger partial charge on any atom is -0.345 e. The Hall–Kier alpha value is -2.23. The van der Waals surface area contributed by atoms with E-state index in [4.69, 9.17) is 0 Å². The number of nitrogens with zero attached hydrogens (tertiary/aromatic N) is 1. The van der Waals surface area contributed by atoms with Gasteiger partial charge in [-0.05, 0) is 60.6 Å². The van der Waals surface area contributed by atoms with Gasteiger partial charge in [0.25, 0.3) is 0 Å². The highest BCUT2D eigenvalue weighted by Gasteiger charge is 2.17. The number of hydrogen-bond donors (Lipinski definition) is 1. The highest BCUT2D eigenvalue weighted by molar-refractivity contribution is 5.86. The highest BCUT2D eigenvalue weighted by atomic mass is 19.1. The number of benzene rings is 2. The summed E-state index contributed by atoms with van der Waals surface area (Å²) in [7, 11) is 0. The van der Waals surface area contributed by atoms with Gasteiger partial charge in [-0.15, -0.1) is 0 Å². The standard InChI is InChI=1S/C23H26F2N2/c1-15-18(10-11-22-23(15)27-14-26-22)17-12-20(24)19(21(25)13-17)9-5-8-16-6-3-2-4-7-16/h10-14,16H,2-9H2,1H3,(H,26,27). The number of aromatic nitrogens is 2. The molecule has 4 rings (SSSR count). The first kappa shape index (κ1) is 18.1. The van der Waals surface area contributed by atoms with E-state index in [0.29, 0.717) is 12.0 Å². The molecule has 0 saturated heterocycles. The lowest BCUT2D eigenvalue weighted by molar-refractivity contribution is 0.331. The molecule has 1 aliphatic carbocycles. The summed E-state index contributed by atoms with van der Waals surface area (Å²) in [6.07, 6.45) is 10.6. The van der Waals surface area contributed by atoms with E-state index >= 15 is 0 Å².